The van der Waals surface area contributed by atoms with Crippen molar-refractivity contribution in [2.45, 2.75) is 51.7 Å². The fraction of sp³-hybridized carbons (Fsp3) is 0.500. The Hall–Kier alpha value is -1.55. The normalized spacial score (nSPS) is 21.3. The number of amides is 2. The molecule has 0 radical (unpaired) electrons. The summed E-state index contributed by atoms with van der Waals surface area (Å²) < 4.78 is 0. The molecule has 0 bridgehead atoms. The number of carbonyl (C=O) groups excluding carboxylic acids is 2. The second-order valence-electron chi connectivity index (χ2n) is 5.49. The van der Waals surface area contributed by atoms with Gasteiger partial charge in [-0.25, -0.2) is 0 Å². The highest BCUT2D eigenvalue weighted by molar-refractivity contribution is 6.30. The monoisotopic (exact) mass is 308 g/mol. The maximum Gasteiger partial charge on any atom is 0.246 e. The molecule has 1 heterocycles. The Kier molecular flexibility index (Phi) is 4.57. The fourth-order valence-corrected chi connectivity index (χ4v) is 3.17. The first-order valence-corrected chi connectivity index (χ1v) is 7.69. The third-order valence-corrected chi connectivity index (χ3v) is 4.56. The first-order valence-electron chi connectivity index (χ1n) is 7.31. The first-order chi connectivity index (χ1) is 9.94. The van der Waals surface area contributed by atoms with Crippen molar-refractivity contribution in [2.24, 2.45) is 0 Å². The average Bonchev–Trinajstić information content (AvgIpc) is 2.46. The number of nitrogens with zero attached hydrogens (tertiary/aromatic N) is 1. The summed E-state index contributed by atoms with van der Waals surface area (Å²) in [7, 11) is 0. The Morgan fingerprint density at radius 3 is 2.52 bits per heavy atom. The Bertz CT molecular complexity index is 555. The molecule has 1 aromatic rings. The molecule has 0 saturated carbocycles. The van der Waals surface area contributed by atoms with E-state index in [2.05, 4.69) is 5.32 Å². The highest BCUT2D eigenvalue weighted by Crippen LogP contribution is 2.30. The molecule has 1 aromatic carbocycles. The number of halogens is 1. The quantitative estimate of drug-likeness (QED) is 0.930. The van der Waals surface area contributed by atoms with Crippen molar-refractivity contribution in [1.82, 2.24) is 10.2 Å². The van der Waals surface area contributed by atoms with Crippen molar-refractivity contribution < 1.29 is 9.59 Å². The Labute approximate surface area is 130 Å². The van der Waals surface area contributed by atoms with Gasteiger partial charge < -0.3 is 10.2 Å². The van der Waals surface area contributed by atoms with Crippen LogP contribution in [0.3, 0.4) is 0 Å². The molecule has 5 heteroatoms. The van der Waals surface area contributed by atoms with Crippen LogP contribution in [-0.4, -0.2) is 28.3 Å². The molecule has 1 aliphatic heterocycles. The third-order valence-electron chi connectivity index (χ3n) is 4.32. The number of rotatable bonds is 4. The van der Waals surface area contributed by atoms with E-state index >= 15 is 0 Å². The summed E-state index contributed by atoms with van der Waals surface area (Å²) in [4.78, 5) is 26.8. The third kappa shape index (κ3) is 2.77. The summed E-state index contributed by atoms with van der Waals surface area (Å²) in [6.45, 7) is 6.01. The van der Waals surface area contributed by atoms with E-state index in [9.17, 15) is 9.59 Å². The summed E-state index contributed by atoms with van der Waals surface area (Å²) in [5.41, 5.74) is 0.162. The van der Waals surface area contributed by atoms with E-state index in [1.807, 2.05) is 32.0 Å². The van der Waals surface area contributed by atoms with E-state index in [4.69, 9.17) is 11.6 Å². The highest BCUT2D eigenvalue weighted by atomic mass is 35.5. The maximum absolute atomic E-state index is 12.6. The molecule has 0 aromatic heterocycles. The van der Waals surface area contributed by atoms with Crippen LogP contribution < -0.4 is 5.32 Å². The topological polar surface area (TPSA) is 49.4 Å². The van der Waals surface area contributed by atoms with Gasteiger partial charge in [-0.15, -0.1) is 0 Å². The zero-order chi connectivity index (χ0) is 15.6. The Morgan fingerprint density at radius 1 is 1.29 bits per heavy atom. The minimum Gasteiger partial charge on any atom is -0.343 e. The van der Waals surface area contributed by atoms with Crippen molar-refractivity contribution in [3.05, 3.63) is 34.9 Å². The average molecular weight is 309 g/mol. The van der Waals surface area contributed by atoms with E-state index < -0.39 is 11.6 Å². The lowest BCUT2D eigenvalue weighted by Gasteiger charge is -2.47. The van der Waals surface area contributed by atoms with Gasteiger partial charge in [0.1, 0.15) is 11.6 Å². The molecule has 2 rings (SSSR count). The van der Waals surface area contributed by atoms with Crippen LogP contribution in [0.15, 0.2) is 24.3 Å². The van der Waals surface area contributed by atoms with Crippen LogP contribution in [0.5, 0.6) is 0 Å². The molecule has 4 nitrogen and oxygen atoms in total. The number of carbonyl (C=O) groups is 2. The van der Waals surface area contributed by atoms with Gasteiger partial charge in [-0.3, -0.25) is 9.59 Å². The predicted molar refractivity (Wildman–Crippen MR) is 82.9 cm³/mol. The van der Waals surface area contributed by atoms with E-state index in [0.29, 0.717) is 24.4 Å². The summed E-state index contributed by atoms with van der Waals surface area (Å²) in [5, 5.41) is 3.43. The van der Waals surface area contributed by atoms with E-state index in [1.54, 1.807) is 17.9 Å². The zero-order valence-electron chi connectivity index (χ0n) is 12.6. The molecule has 1 fully saturated rings. The molecule has 1 aliphatic rings. The molecule has 1 saturated heterocycles. The van der Waals surface area contributed by atoms with Crippen molar-refractivity contribution in [1.29, 1.82) is 0 Å². The van der Waals surface area contributed by atoms with Gasteiger partial charge in [0, 0.05) is 11.6 Å². The molecule has 1 atom stereocenters. The predicted octanol–water partition coefficient (Wildman–Crippen LogP) is 2.75. The smallest absolute Gasteiger partial charge is 0.246 e. The lowest BCUT2D eigenvalue weighted by Crippen LogP contribution is -2.69. The zero-order valence-corrected chi connectivity index (χ0v) is 13.4. The number of hydrogen-bond donors (Lipinski definition) is 1. The molecule has 0 aliphatic carbocycles. The second kappa shape index (κ2) is 6.06. The molecule has 0 spiro atoms. The summed E-state index contributed by atoms with van der Waals surface area (Å²) in [5.74, 6) is -0.111. The Morgan fingerprint density at radius 2 is 1.95 bits per heavy atom. The van der Waals surface area contributed by atoms with Crippen LogP contribution in [0, 0.1) is 0 Å². The summed E-state index contributed by atoms with van der Waals surface area (Å²) in [6, 6.07) is 6.93. The number of nitrogens with one attached hydrogen (secondary N) is 1. The van der Waals surface area contributed by atoms with Crippen LogP contribution in [0.1, 0.15) is 39.2 Å². The lowest BCUT2D eigenvalue weighted by atomic mass is 9.85. The van der Waals surface area contributed by atoms with Crippen LogP contribution in [0.2, 0.25) is 5.02 Å². The van der Waals surface area contributed by atoms with Gasteiger partial charge in [0.2, 0.25) is 11.8 Å². The standard InChI is InChI=1S/C16H21ClN2O2/c1-4-16(5-2)15(21)18-11(3)14(20)19(16)10-12-7-6-8-13(17)9-12/h6-9,11H,4-5,10H2,1-3H3,(H,18,21). The van der Waals surface area contributed by atoms with Crippen molar-refractivity contribution >= 4 is 23.4 Å². The number of hydrogen-bond acceptors (Lipinski definition) is 2. The van der Waals surface area contributed by atoms with E-state index in [1.165, 1.54) is 0 Å². The molecule has 114 valence electrons. The molecule has 1 N–H and O–H groups in total. The van der Waals surface area contributed by atoms with Crippen molar-refractivity contribution in [2.75, 3.05) is 0 Å². The van der Waals surface area contributed by atoms with Crippen LogP contribution in [-0.2, 0) is 16.1 Å². The number of benzene rings is 1. The van der Waals surface area contributed by atoms with E-state index in [0.717, 1.165) is 5.56 Å². The van der Waals surface area contributed by atoms with Crippen molar-refractivity contribution in [3.63, 3.8) is 0 Å². The van der Waals surface area contributed by atoms with Gasteiger partial charge in [0.15, 0.2) is 0 Å². The highest BCUT2D eigenvalue weighted by Gasteiger charge is 2.48. The molecule has 2 amide bonds. The van der Waals surface area contributed by atoms with Gasteiger partial charge in [-0.1, -0.05) is 37.6 Å². The molecule has 1 unspecified atom stereocenters. The SMILES string of the molecule is CCC1(CC)C(=O)NC(C)C(=O)N1Cc1cccc(Cl)c1. The minimum atomic E-state index is -0.772. The minimum absolute atomic E-state index is 0.0433. The summed E-state index contributed by atoms with van der Waals surface area (Å²) in [6.07, 6.45) is 1.18. The van der Waals surface area contributed by atoms with Gasteiger partial charge in [-0.2, -0.15) is 0 Å². The maximum atomic E-state index is 12.6. The van der Waals surface area contributed by atoms with Crippen molar-refractivity contribution in [3.8, 4) is 0 Å². The molecular formula is C16H21ClN2O2. The Balaban J connectivity index is 2.39. The van der Waals surface area contributed by atoms with Gasteiger partial charge >= 0.3 is 0 Å². The fourth-order valence-electron chi connectivity index (χ4n) is 2.96. The summed E-state index contributed by atoms with van der Waals surface area (Å²) >= 11 is 6.01. The lowest BCUT2D eigenvalue weighted by molar-refractivity contribution is -0.158. The second-order valence-corrected chi connectivity index (χ2v) is 5.92. The van der Waals surface area contributed by atoms with Crippen LogP contribution in [0.25, 0.3) is 0 Å². The first kappa shape index (κ1) is 15.8. The van der Waals surface area contributed by atoms with Gasteiger partial charge in [0.25, 0.3) is 0 Å². The number of piperazine rings is 1. The van der Waals surface area contributed by atoms with Crippen LogP contribution in [0.4, 0.5) is 0 Å². The largest absolute Gasteiger partial charge is 0.343 e. The van der Waals surface area contributed by atoms with E-state index in [-0.39, 0.29) is 11.8 Å². The molecule has 21 heavy (non-hydrogen) atoms. The molecular weight excluding hydrogens is 288 g/mol. The van der Waals surface area contributed by atoms with Gasteiger partial charge in [-0.05, 0) is 37.5 Å². The van der Waals surface area contributed by atoms with Gasteiger partial charge in [0.05, 0.1) is 0 Å². The van der Waals surface area contributed by atoms with Crippen LogP contribution >= 0.6 is 11.6 Å².